The van der Waals surface area contributed by atoms with E-state index in [2.05, 4.69) is 20.4 Å². The number of hydrogen-bond donors (Lipinski definition) is 2. The number of halogens is 3. The Morgan fingerprint density at radius 1 is 1.13 bits per heavy atom. The molecule has 2 N–H and O–H groups in total. The second-order valence-corrected chi connectivity index (χ2v) is 9.05. The predicted molar refractivity (Wildman–Crippen MR) is 135 cm³/mol. The van der Waals surface area contributed by atoms with Crippen molar-refractivity contribution in [2.24, 2.45) is 0 Å². The number of carbonyl (C=O) groups is 4. The third-order valence-corrected chi connectivity index (χ3v) is 6.41. The molecule has 1 aromatic carbocycles. The van der Waals surface area contributed by atoms with Gasteiger partial charge in [0.25, 0.3) is 5.91 Å². The molecule has 0 saturated carbocycles. The van der Waals surface area contributed by atoms with Crippen molar-refractivity contribution in [3.8, 4) is 0 Å². The van der Waals surface area contributed by atoms with E-state index in [1.54, 1.807) is 0 Å². The van der Waals surface area contributed by atoms with Gasteiger partial charge in [0.1, 0.15) is 16.9 Å². The first kappa shape index (κ1) is 27.8. The molecule has 4 rings (SSSR count). The highest BCUT2D eigenvalue weighted by molar-refractivity contribution is 6.29. The molecular formula is C24H25ClF2N6O6. The fraction of sp³-hybridized carbons (Fsp3) is 0.375. The lowest BCUT2D eigenvalue weighted by molar-refractivity contribution is -0.130. The van der Waals surface area contributed by atoms with Crippen molar-refractivity contribution >= 4 is 47.0 Å². The van der Waals surface area contributed by atoms with Gasteiger partial charge in [-0.1, -0.05) is 11.6 Å². The van der Waals surface area contributed by atoms with Crippen LogP contribution in [0.5, 0.6) is 0 Å². The van der Waals surface area contributed by atoms with Crippen molar-refractivity contribution in [2.45, 2.75) is 6.10 Å². The summed E-state index contributed by atoms with van der Waals surface area (Å²) in [6, 6.07) is 5.01. The normalized spacial score (nSPS) is 17.1. The van der Waals surface area contributed by atoms with E-state index in [1.807, 2.05) is 0 Å². The standard InChI is InChI=1S/C24H25ClF2N6O6/c1-38-23(36)30-11-16-13-33(24(37)39-16)15-8-17(26)21(18(27)9-15)32-6-4-31(5-7-32)20(34)12-29-22(35)14-2-3-19(25)28-10-14/h2-3,8-10,16H,4-7,11-13H2,1H3,(H,29,35)(H,30,36)/t16-/m0/s1. The van der Waals surface area contributed by atoms with Gasteiger partial charge in [0, 0.05) is 44.5 Å². The Hall–Kier alpha value is -4.20. The predicted octanol–water partition coefficient (Wildman–Crippen LogP) is 1.77. The average molecular weight is 567 g/mol. The quantitative estimate of drug-likeness (QED) is 0.485. The summed E-state index contributed by atoms with van der Waals surface area (Å²) in [4.78, 5) is 56.0. The zero-order valence-electron chi connectivity index (χ0n) is 20.8. The van der Waals surface area contributed by atoms with Gasteiger partial charge < -0.3 is 29.9 Å². The monoisotopic (exact) mass is 566 g/mol. The second kappa shape index (κ2) is 12.1. The molecule has 2 aliphatic rings. The van der Waals surface area contributed by atoms with Gasteiger partial charge in [-0.2, -0.15) is 0 Å². The molecule has 3 heterocycles. The molecule has 1 atom stereocenters. The number of rotatable bonds is 7. The Labute approximate surface area is 226 Å². The molecule has 2 aromatic rings. The number of hydrogen-bond acceptors (Lipinski definition) is 8. The summed E-state index contributed by atoms with van der Waals surface area (Å²) < 4.78 is 39.7. The number of nitrogens with zero attached hydrogens (tertiary/aromatic N) is 4. The Morgan fingerprint density at radius 3 is 2.44 bits per heavy atom. The van der Waals surface area contributed by atoms with Crippen LogP contribution in [0.15, 0.2) is 30.5 Å². The molecule has 2 fully saturated rings. The van der Waals surface area contributed by atoms with Crippen molar-refractivity contribution in [3.05, 3.63) is 52.8 Å². The van der Waals surface area contributed by atoms with E-state index in [0.717, 1.165) is 17.0 Å². The van der Waals surface area contributed by atoms with Crippen LogP contribution >= 0.6 is 11.6 Å². The molecular weight excluding hydrogens is 542 g/mol. The van der Waals surface area contributed by atoms with E-state index < -0.39 is 35.8 Å². The molecule has 39 heavy (non-hydrogen) atoms. The number of amides is 4. The molecule has 12 nitrogen and oxygen atoms in total. The molecule has 4 amide bonds. The average Bonchev–Trinajstić information content (AvgIpc) is 3.30. The Kier molecular flexibility index (Phi) is 8.64. The number of alkyl carbamates (subject to hydrolysis) is 1. The smallest absolute Gasteiger partial charge is 0.414 e. The lowest BCUT2D eigenvalue weighted by atomic mass is 10.2. The maximum absolute atomic E-state index is 15.0. The van der Waals surface area contributed by atoms with Crippen molar-refractivity contribution in [1.82, 2.24) is 20.5 Å². The number of piperazine rings is 1. The number of ether oxygens (including phenoxy) is 2. The third-order valence-electron chi connectivity index (χ3n) is 6.19. The van der Waals surface area contributed by atoms with Crippen molar-refractivity contribution in [2.75, 3.05) is 62.7 Å². The number of methoxy groups -OCH3 is 1. The highest BCUT2D eigenvalue weighted by atomic mass is 35.5. The molecule has 15 heteroatoms. The minimum Gasteiger partial charge on any atom is -0.453 e. The SMILES string of the molecule is COC(=O)NC[C@H]1CN(c2cc(F)c(N3CCN(C(=O)CNC(=O)c4ccc(Cl)nc4)CC3)c(F)c2)C(=O)O1. The summed E-state index contributed by atoms with van der Waals surface area (Å²) >= 11 is 5.70. The lowest BCUT2D eigenvalue weighted by Gasteiger charge is -2.36. The number of pyridine rings is 1. The van der Waals surface area contributed by atoms with Crippen LogP contribution in [-0.4, -0.2) is 92.9 Å². The van der Waals surface area contributed by atoms with Gasteiger partial charge in [-0.3, -0.25) is 14.5 Å². The molecule has 0 aliphatic carbocycles. The topological polar surface area (TPSA) is 133 Å². The molecule has 2 saturated heterocycles. The maximum Gasteiger partial charge on any atom is 0.414 e. The molecule has 208 valence electrons. The van der Waals surface area contributed by atoms with Crippen molar-refractivity contribution in [1.29, 1.82) is 0 Å². The summed E-state index contributed by atoms with van der Waals surface area (Å²) in [6.07, 6.45) is -0.929. The minimum absolute atomic E-state index is 0.0209. The summed E-state index contributed by atoms with van der Waals surface area (Å²) in [5.41, 5.74) is -0.0485. The zero-order chi connectivity index (χ0) is 28.1. The van der Waals surface area contributed by atoms with E-state index in [9.17, 15) is 19.2 Å². The fourth-order valence-corrected chi connectivity index (χ4v) is 4.29. The molecule has 0 spiro atoms. The van der Waals surface area contributed by atoms with E-state index >= 15 is 8.78 Å². The van der Waals surface area contributed by atoms with E-state index in [0.29, 0.717) is 0 Å². The highest BCUT2D eigenvalue weighted by Crippen LogP contribution is 2.31. The summed E-state index contributed by atoms with van der Waals surface area (Å²) in [6.45, 7) is 0.384. The lowest BCUT2D eigenvalue weighted by Crippen LogP contribution is -2.51. The molecule has 0 bridgehead atoms. The van der Waals surface area contributed by atoms with Gasteiger partial charge in [0.05, 0.1) is 38.0 Å². The van der Waals surface area contributed by atoms with E-state index in [4.69, 9.17) is 16.3 Å². The Bertz CT molecular complexity index is 1240. The number of cyclic esters (lactones) is 1. The summed E-state index contributed by atoms with van der Waals surface area (Å²) in [7, 11) is 1.19. The van der Waals surface area contributed by atoms with Gasteiger partial charge >= 0.3 is 12.2 Å². The number of carbonyl (C=O) groups excluding carboxylic acids is 4. The number of aromatic nitrogens is 1. The highest BCUT2D eigenvalue weighted by Gasteiger charge is 2.34. The van der Waals surface area contributed by atoms with E-state index in [-0.39, 0.29) is 73.8 Å². The van der Waals surface area contributed by atoms with Crippen LogP contribution < -0.4 is 20.4 Å². The Balaban J connectivity index is 1.31. The van der Waals surface area contributed by atoms with Crippen LogP contribution in [0.25, 0.3) is 0 Å². The Morgan fingerprint density at radius 2 is 1.82 bits per heavy atom. The van der Waals surface area contributed by atoms with Crippen LogP contribution in [0.3, 0.4) is 0 Å². The van der Waals surface area contributed by atoms with Gasteiger partial charge in [-0.15, -0.1) is 0 Å². The number of benzene rings is 1. The van der Waals surface area contributed by atoms with Gasteiger partial charge in [-0.05, 0) is 12.1 Å². The largest absolute Gasteiger partial charge is 0.453 e. The zero-order valence-corrected chi connectivity index (χ0v) is 21.5. The van der Waals surface area contributed by atoms with Gasteiger partial charge in [0.2, 0.25) is 5.91 Å². The minimum atomic E-state index is -0.877. The van der Waals surface area contributed by atoms with Crippen LogP contribution in [0.1, 0.15) is 10.4 Å². The van der Waals surface area contributed by atoms with Gasteiger partial charge in [0.15, 0.2) is 11.6 Å². The third kappa shape index (κ3) is 6.63. The molecule has 1 aromatic heterocycles. The molecule has 0 radical (unpaired) electrons. The molecule has 0 unspecified atom stereocenters. The van der Waals surface area contributed by atoms with Crippen LogP contribution in [0.2, 0.25) is 5.15 Å². The van der Waals surface area contributed by atoms with E-state index in [1.165, 1.54) is 35.2 Å². The van der Waals surface area contributed by atoms with Crippen LogP contribution in [0.4, 0.5) is 29.7 Å². The fourth-order valence-electron chi connectivity index (χ4n) is 4.18. The van der Waals surface area contributed by atoms with Crippen LogP contribution in [0, 0.1) is 11.6 Å². The first-order chi connectivity index (χ1) is 18.7. The van der Waals surface area contributed by atoms with Crippen molar-refractivity contribution in [3.63, 3.8) is 0 Å². The van der Waals surface area contributed by atoms with Crippen LogP contribution in [-0.2, 0) is 14.3 Å². The molecule has 2 aliphatic heterocycles. The number of nitrogens with one attached hydrogen (secondary N) is 2. The maximum atomic E-state index is 15.0. The number of anilines is 2. The second-order valence-electron chi connectivity index (χ2n) is 8.67. The van der Waals surface area contributed by atoms with Crippen molar-refractivity contribution < 1.29 is 37.4 Å². The first-order valence-electron chi connectivity index (χ1n) is 11.9. The van der Waals surface area contributed by atoms with Gasteiger partial charge in [-0.25, -0.2) is 23.4 Å². The first-order valence-corrected chi connectivity index (χ1v) is 12.3. The summed E-state index contributed by atoms with van der Waals surface area (Å²) in [5.74, 6) is -2.58. The summed E-state index contributed by atoms with van der Waals surface area (Å²) in [5, 5.41) is 5.15.